The lowest BCUT2D eigenvalue weighted by molar-refractivity contribution is 0.222. The molecule has 1 aromatic rings. The van der Waals surface area contributed by atoms with Gasteiger partial charge in [0, 0.05) is 12.6 Å². The van der Waals surface area contributed by atoms with Gasteiger partial charge in [0.05, 0.1) is 6.04 Å². The third-order valence-corrected chi connectivity index (χ3v) is 3.87. The lowest BCUT2D eigenvalue weighted by Crippen LogP contribution is -2.44. The molecule has 4 nitrogen and oxygen atoms in total. The highest BCUT2D eigenvalue weighted by molar-refractivity contribution is 5.74. The molecule has 1 fully saturated rings. The minimum absolute atomic E-state index is 0.0588. The van der Waals surface area contributed by atoms with E-state index in [4.69, 9.17) is 5.11 Å². The van der Waals surface area contributed by atoms with Gasteiger partial charge < -0.3 is 15.7 Å². The van der Waals surface area contributed by atoms with E-state index in [0.29, 0.717) is 12.5 Å². The summed E-state index contributed by atoms with van der Waals surface area (Å²) in [5, 5.41) is 15.2. The molecule has 2 rings (SSSR count). The highest BCUT2D eigenvalue weighted by atomic mass is 16.3. The summed E-state index contributed by atoms with van der Waals surface area (Å²) in [6.45, 7) is 0.0588. The van der Waals surface area contributed by atoms with Crippen molar-refractivity contribution in [1.29, 1.82) is 0 Å². The molecule has 0 spiro atoms. The Bertz CT molecular complexity index is 402. The lowest BCUT2D eigenvalue weighted by Gasteiger charge is -2.25. The zero-order chi connectivity index (χ0) is 14.2. The van der Waals surface area contributed by atoms with E-state index in [9.17, 15) is 4.79 Å². The first kappa shape index (κ1) is 14.9. The minimum Gasteiger partial charge on any atom is -0.396 e. The molecule has 3 N–H and O–H groups in total. The number of aliphatic hydroxyl groups is 1. The van der Waals surface area contributed by atoms with Gasteiger partial charge in [0.2, 0.25) is 0 Å². The second kappa shape index (κ2) is 7.90. The molecule has 0 radical (unpaired) electrons. The van der Waals surface area contributed by atoms with Crippen LogP contribution >= 0.6 is 0 Å². The zero-order valence-corrected chi connectivity index (χ0v) is 11.8. The number of hydrogen-bond donors (Lipinski definition) is 3. The third-order valence-electron chi connectivity index (χ3n) is 3.87. The molecule has 0 heterocycles. The number of hydrogen-bond acceptors (Lipinski definition) is 2. The van der Waals surface area contributed by atoms with Crippen LogP contribution in [0.3, 0.4) is 0 Å². The molecular weight excluding hydrogens is 252 g/mol. The monoisotopic (exact) mass is 276 g/mol. The molecular formula is C16H24N2O2. The molecule has 2 amide bonds. The van der Waals surface area contributed by atoms with Gasteiger partial charge in [-0.3, -0.25) is 0 Å². The van der Waals surface area contributed by atoms with Gasteiger partial charge in [-0.1, -0.05) is 49.6 Å². The van der Waals surface area contributed by atoms with Gasteiger partial charge in [-0.2, -0.15) is 0 Å². The number of carbonyl (C=O) groups is 1. The van der Waals surface area contributed by atoms with Crippen molar-refractivity contribution in [3.63, 3.8) is 0 Å². The quantitative estimate of drug-likeness (QED) is 0.774. The second-order valence-corrected chi connectivity index (χ2v) is 5.43. The summed E-state index contributed by atoms with van der Waals surface area (Å²) in [5.41, 5.74) is 1.03. The fourth-order valence-electron chi connectivity index (χ4n) is 2.77. The van der Waals surface area contributed by atoms with E-state index in [1.807, 2.05) is 30.3 Å². The largest absolute Gasteiger partial charge is 0.396 e. The van der Waals surface area contributed by atoms with E-state index in [1.54, 1.807) is 0 Å². The Hall–Kier alpha value is -1.55. The SMILES string of the molecule is O=C(NC1CCCCC1)N[C@H](CCO)c1ccccc1. The number of rotatable bonds is 5. The first-order valence-electron chi connectivity index (χ1n) is 7.52. The predicted octanol–water partition coefficient (Wildman–Crippen LogP) is 2.74. The van der Waals surface area contributed by atoms with Crippen molar-refractivity contribution in [2.24, 2.45) is 0 Å². The van der Waals surface area contributed by atoms with Crippen molar-refractivity contribution < 1.29 is 9.90 Å². The summed E-state index contributed by atoms with van der Waals surface area (Å²) in [5.74, 6) is 0. The van der Waals surface area contributed by atoms with Crippen molar-refractivity contribution >= 4 is 6.03 Å². The maximum absolute atomic E-state index is 12.1. The number of aliphatic hydroxyl groups excluding tert-OH is 1. The van der Waals surface area contributed by atoms with Gasteiger partial charge in [-0.15, -0.1) is 0 Å². The minimum atomic E-state index is -0.134. The molecule has 4 heteroatoms. The molecule has 110 valence electrons. The molecule has 0 bridgehead atoms. The number of amides is 2. The number of carbonyl (C=O) groups excluding carboxylic acids is 1. The first-order valence-corrected chi connectivity index (χ1v) is 7.52. The number of nitrogens with one attached hydrogen (secondary N) is 2. The van der Waals surface area contributed by atoms with Gasteiger partial charge in [-0.05, 0) is 24.8 Å². The van der Waals surface area contributed by atoms with Crippen LogP contribution in [-0.2, 0) is 0 Å². The summed E-state index contributed by atoms with van der Waals surface area (Å²) in [6.07, 6.45) is 6.35. The smallest absolute Gasteiger partial charge is 0.315 e. The van der Waals surface area contributed by atoms with Gasteiger partial charge in [0.1, 0.15) is 0 Å². The van der Waals surface area contributed by atoms with E-state index in [0.717, 1.165) is 18.4 Å². The van der Waals surface area contributed by atoms with Crippen LogP contribution in [0.25, 0.3) is 0 Å². The third kappa shape index (κ3) is 4.53. The van der Waals surface area contributed by atoms with Crippen molar-refractivity contribution in [3.8, 4) is 0 Å². The Labute approximate surface area is 120 Å². The van der Waals surface area contributed by atoms with E-state index < -0.39 is 0 Å². The Balaban J connectivity index is 1.88. The molecule has 20 heavy (non-hydrogen) atoms. The van der Waals surface area contributed by atoms with Crippen LogP contribution < -0.4 is 10.6 Å². The average Bonchev–Trinajstić information content (AvgIpc) is 2.49. The van der Waals surface area contributed by atoms with Gasteiger partial charge >= 0.3 is 6.03 Å². The van der Waals surface area contributed by atoms with E-state index in [-0.39, 0.29) is 18.7 Å². The van der Waals surface area contributed by atoms with Gasteiger partial charge in [0.15, 0.2) is 0 Å². The van der Waals surface area contributed by atoms with E-state index in [1.165, 1.54) is 19.3 Å². The van der Waals surface area contributed by atoms with Crippen molar-refractivity contribution in [3.05, 3.63) is 35.9 Å². The molecule has 0 saturated heterocycles. The molecule has 1 aliphatic rings. The van der Waals surface area contributed by atoms with Crippen molar-refractivity contribution in [1.82, 2.24) is 10.6 Å². The Morgan fingerprint density at radius 2 is 1.90 bits per heavy atom. The van der Waals surface area contributed by atoms with E-state index >= 15 is 0 Å². The van der Waals surface area contributed by atoms with Gasteiger partial charge in [-0.25, -0.2) is 4.79 Å². The summed E-state index contributed by atoms with van der Waals surface area (Å²) < 4.78 is 0. The topological polar surface area (TPSA) is 61.4 Å². The van der Waals surface area contributed by atoms with Crippen LogP contribution in [-0.4, -0.2) is 23.8 Å². The molecule has 1 aliphatic carbocycles. The molecule has 0 aromatic heterocycles. The maximum Gasteiger partial charge on any atom is 0.315 e. The lowest BCUT2D eigenvalue weighted by atomic mass is 9.96. The van der Waals surface area contributed by atoms with Crippen molar-refractivity contribution in [2.45, 2.75) is 50.6 Å². The summed E-state index contributed by atoms with van der Waals surface area (Å²) >= 11 is 0. The number of benzene rings is 1. The van der Waals surface area contributed by atoms with Crippen LogP contribution in [0.4, 0.5) is 4.79 Å². The molecule has 0 aliphatic heterocycles. The highest BCUT2D eigenvalue weighted by Gasteiger charge is 2.18. The van der Waals surface area contributed by atoms with Gasteiger partial charge in [0.25, 0.3) is 0 Å². The highest BCUT2D eigenvalue weighted by Crippen LogP contribution is 2.18. The van der Waals surface area contributed by atoms with E-state index in [2.05, 4.69) is 10.6 Å². The maximum atomic E-state index is 12.1. The Morgan fingerprint density at radius 3 is 2.55 bits per heavy atom. The summed E-state index contributed by atoms with van der Waals surface area (Å²) in [4.78, 5) is 12.1. The zero-order valence-electron chi connectivity index (χ0n) is 11.8. The van der Waals surface area contributed by atoms with Crippen LogP contribution in [0, 0.1) is 0 Å². The summed E-state index contributed by atoms with van der Waals surface area (Å²) in [6, 6.07) is 9.82. The van der Waals surface area contributed by atoms with Crippen LogP contribution in [0.1, 0.15) is 50.1 Å². The second-order valence-electron chi connectivity index (χ2n) is 5.43. The summed E-state index contributed by atoms with van der Waals surface area (Å²) in [7, 11) is 0. The molecule has 1 saturated carbocycles. The fraction of sp³-hybridized carbons (Fsp3) is 0.562. The Kier molecular flexibility index (Phi) is 5.87. The Morgan fingerprint density at radius 1 is 1.20 bits per heavy atom. The fourth-order valence-corrected chi connectivity index (χ4v) is 2.77. The first-order chi connectivity index (χ1) is 9.79. The van der Waals surface area contributed by atoms with Crippen molar-refractivity contribution in [2.75, 3.05) is 6.61 Å². The standard InChI is InChI=1S/C16H24N2O2/c19-12-11-15(13-7-3-1-4-8-13)18-16(20)17-14-9-5-2-6-10-14/h1,3-4,7-8,14-15,19H,2,5-6,9-12H2,(H2,17,18,20)/t15-/m1/s1. The average molecular weight is 276 g/mol. The molecule has 1 atom stereocenters. The predicted molar refractivity (Wildman–Crippen MR) is 79.4 cm³/mol. The van der Waals surface area contributed by atoms with Crippen LogP contribution in [0.2, 0.25) is 0 Å². The van der Waals surface area contributed by atoms with Crippen LogP contribution in [0.5, 0.6) is 0 Å². The molecule has 0 unspecified atom stereocenters. The van der Waals surface area contributed by atoms with Crippen LogP contribution in [0.15, 0.2) is 30.3 Å². The molecule has 1 aromatic carbocycles. The normalized spacial score (nSPS) is 17.4. The number of urea groups is 1.